The van der Waals surface area contributed by atoms with Gasteiger partial charge in [-0.2, -0.15) is 0 Å². The molecule has 1 saturated heterocycles. The van der Waals surface area contributed by atoms with E-state index in [1.54, 1.807) is 6.20 Å². The van der Waals surface area contributed by atoms with Gasteiger partial charge in [-0.15, -0.1) is 0 Å². The molecule has 202 valence electrons. The number of hydrogen-bond donors (Lipinski definition) is 2. The van der Waals surface area contributed by atoms with Crippen LogP contribution in [0.2, 0.25) is 0 Å². The Kier molecular flexibility index (Phi) is 7.28. The minimum atomic E-state index is -0.239. The standard InChI is InChI=1S/C31H37N7O/c1-3-14-37(4-2)24-7-5-6-23(18-24)34-28-17-22(10-13-33-28)30-35-27-20-32-19-26(21-8-9-21)29(27)31(36-30)38-15-11-25(39)12-16-38/h5-7,10,13,17-21,25,39H,3-4,8-9,11-12,14-16H2,1-2H3,(H,33,34). The smallest absolute Gasteiger partial charge is 0.162 e. The number of rotatable bonds is 9. The van der Waals surface area contributed by atoms with Gasteiger partial charge in [0.15, 0.2) is 5.82 Å². The fraction of sp³-hybridized carbons (Fsp3) is 0.419. The van der Waals surface area contributed by atoms with Gasteiger partial charge in [0.25, 0.3) is 0 Å². The predicted molar refractivity (Wildman–Crippen MR) is 158 cm³/mol. The lowest BCUT2D eigenvalue weighted by molar-refractivity contribution is 0.145. The number of fused-ring (bicyclic) bond motifs is 1. The van der Waals surface area contributed by atoms with E-state index < -0.39 is 0 Å². The van der Waals surface area contributed by atoms with Gasteiger partial charge >= 0.3 is 0 Å². The van der Waals surface area contributed by atoms with Crippen molar-refractivity contribution in [3.05, 3.63) is 60.6 Å². The van der Waals surface area contributed by atoms with E-state index in [2.05, 4.69) is 63.2 Å². The molecule has 0 atom stereocenters. The highest BCUT2D eigenvalue weighted by Crippen LogP contribution is 2.45. The van der Waals surface area contributed by atoms with Gasteiger partial charge in [0.1, 0.15) is 11.6 Å². The van der Waals surface area contributed by atoms with E-state index in [0.717, 1.165) is 79.2 Å². The Balaban J connectivity index is 1.35. The number of aliphatic hydroxyl groups excluding tert-OH is 1. The van der Waals surface area contributed by atoms with Crippen molar-refractivity contribution in [2.75, 3.05) is 41.3 Å². The van der Waals surface area contributed by atoms with Crippen molar-refractivity contribution in [2.24, 2.45) is 0 Å². The van der Waals surface area contributed by atoms with Crippen LogP contribution in [-0.2, 0) is 0 Å². The summed E-state index contributed by atoms with van der Waals surface area (Å²) in [6, 6.07) is 12.5. The molecule has 8 nitrogen and oxygen atoms in total. The first kappa shape index (κ1) is 25.5. The number of aliphatic hydroxyl groups is 1. The number of nitrogens with zero attached hydrogens (tertiary/aromatic N) is 6. The van der Waals surface area contributed by atoms with Crippen molar-refractivity contribution in [1.29, 1.82) is 0 Å². The molecular weight excluding hydrogens is 486 g/mol. The average Bonchev–Trinajstić information content (AvgIpc) is 3.81. The van der Waals surface area contributed by atoms with Crippen molar-refractivity contribution in [3.63, 3.8) is 0 Å². The van der Waals surface area contributed by atoms with Gasteiger partial charge in [0.2, 0.25) is 0 Å². The lowest BCUT2D eigenvalue weighted by Gasteiger charge is -2.31. The van der Waals surface area contributed by atoms with Crippen LogP contribution >= 0.6 is 0 Å². The molecule has 4 aromatic rings. The molecular formula is C31H37N7O. The zero-order chi connectivity index (χ0) is 26.8. The van der Waals surface area contributed by atoms with Gasteiger partial charge in [-0.3, -0.25) is 4.98 Å². The van der Waals surface area contributed by atoms with E-state index in [1.807, 2.05) is 24.5 Å². The molecule has 1 aliphatic heterocycles. The van der Waals surface area contributed by atoms with Crippen molar-refractivity contribution < 1.29 is 5.11 Å². The maximum absolute atomic E-state index is 10.1. The van der Waals surface area contributed by atoms with Crippen LogP contribution in [0.5, 0.6) is 0 Å². The molecule has 0 amide bonds. The molecule has 39 heavy (non-hydrogen) atoms. The van der Waals surface area contributed by atoms with Crippen LogP contribution in [0.25, 0.3) is 22.3 Å². The summed E-state index contributed by atoms with van der Waals surface area (Å²) in [7, 11) is 0. The van der Waals surface area contributed by atoms with Crippen LogP contribution in [0, 0.1) is 0 Å². The highest BCUT2D eigenvalue weighted by atomic mass is 16.3. The summed E-state index contributed by atoms with van der Waals surface area (Å²) in [4.78, 5) is 24.0. The van der Waals surface area contributed by atoms with Crippen molar-refractivity contribution in [1.82, 2.24) is 19.9 Å². The van der Waals surface area contributed by atoms with Crippen molar-refractivity contribution in [2.45, 2.75) is 58.0 Å². The number of pyridine rings is 2. The molecule has 2 aliphatic rings. The molecule has 0 radical (unpaired) electrons. The fourth-order valence-corrected chi connectivity index (χ4v) is 5.53. The molecule has 6 rings (SSSR count). The maximum atomic E-state index is 10.1. The highest BCUT2D eigenvalue weighted by Gasteiger charge is 2.30. The normalized spacial score (nSPS) is 16.0. The molecule has 2 N–H and O–H groups in total. The van der Waals surface area contributed by atoms with E-state index in [-0.39, 0.29) is 6.10 Å². The van der Waals surface area contributed by atoms with Crippen molar-refractivity contribution in [3.8, 4) is 11.4 Å². The first-order valence-corrected chi connectivity index (χ1v) is 14.3. The Morgan fingerprint density at radius 3 is 2.64 bits per heavy atom. The third-order valence-corrected chi connectivity index (χ3v) is 7.78. The molecule has 0 unspecified atom stereocenters. The highest BCUT2D eigenvalue weighted by molar-refractivity contribution is 5.94. The minimum absolute atomic E-state index is 0.239. The largest absolute Gasteiger partial charge is 0.393 e. The summed E-state index contributed by atoms with van der Waals surface area (Å²) >= 11 is 0. The van der Waals surface area contributed by atoms with Crippen molar-refractivity contribution >= 4 is 33.9 Å². The zero-order valence-electron chi connectivity index (χ0n) is 22.8. The molecule has 3 aromatic heterocycles. The summed E-state index contributed by atoms with van der Waals surface area (Å²) < 4.78 is 0. The second kappa shape index (κ2) is 11.1. The average molecular weight is 524 g/mol. The second-order valence-corrected chi connectivity index (χ2v) is 10.7. The van der Waals surface area contributed by atoms with Gasteiger partial charge in [-0.25, -0.2) is 15.0 Å². The van der Waals surface area contributed by atoms with Gasteiger partial charge in [0.05, 0.1) is 17.8 Å². The molecule has 2 fully saturated rings. The fourth-order valence-electron chi connectivity index (χ4n) is 5.53. The zero-order valence-corrected chi connectivity index (χ0v) is 22.8. The molecule has 0 spiro atoms. The Morgan fingerprint density at radius 2 is 1.87 bits per heavy atom. The van der Waals surface area contributed by atoms with E-state index in [9.17, 15) is 5.11 Å². The van der Waals surface area contributed by atoms with Crippen LogP contribution in [0.4, 0.5) is 23.0 Å². The minimum Gasteiger partial charge on any atom is -0.393 e. The molecule has 4 heterocycles. The third kappa shape index (κ3) is 5.52. The first-order valence-electron chi connectivity index (χ1n) is 14.3. The SMILES string of the molecule is CCCN(CC)c1cccc(Nc2cc(-c3nc(N4CCC(O)CC4)c4c(C5CC5)cncc4n3)ccn2)c1. The third-order valence-electron chi connectivity index (χ3n) is 7.78. The number of benzene rings is 1. The molecule has 1 aromatic carbocycles. The van der Waals surface area contributed by atoms with Crippen LogP contribution in [0.3, 0.4) is 0 Å². The predicted octanol–water partition coefficient (Wildman–Crippen LogP) is 5.91. The van der Waals surface area contributed by atoms with E-state index in [0.29, 0.717) is 11.7 Å². The van der Waals surface area contributed by atoms with E-state index in [4.69, 9.17) is 9.97 Å². The molecule has 0 bridgehead atoms. The summed E-state index contributed by atoms with van der Waals surface area (Å²) in [5.74, 6) is 2.91. The Morgan fingerprint density at radius 1 is 1.03 bits per heavy atom. The summed E-state index contributed by atoms with van der Waals surface area (Å²) in [5.41, 5.74) is 5.23. The first-order chi connectivity index (χ1) is 19.1. The van der Waals surface area contributed by atoms with Crippen LogP contribution < -0.4 is 15.1 Å². The molecule has 8 heteroatoms. The monoisotopic (exact) mass is 523 g/mol. The van der Waals surface area contributed by atoms with Gasteiger partial charge < -0.3 is 20.2 Å². The number of piperidine rings is 1. The summed E-state index contributed by atoms with van der Waals surface area (Å²) in [6.07, 6.45) is 10.4. The Labute approximate surface area is 230 Å². The topological polar surface area (TPSA) is 90.3 Å². The van der Waals surface area contributed by atoms with Crippen LogP contribution in [-0.4, -0.2) is 57.3 Å². The summed E-state index contributed by atoms with van der Waals surface area (Å²) in [5, 5.41) is 14.7. The maximum Gasteiger partial charge on any atom is 0.162 e. The number of aromatic nitrogens is 4. The van der Waals surface area contributed by atoms with E-state index in [1.165, 1.54) is 24.1 Å². The molecule has 1 saturated carbocycles. The lowest BCUT2D eigenvalue weighted by Crippen LogP contribution is -2.36. The number of nitrogens with one attached hydrogen (secondary N) is 1. The van der Waals surface area contributed by atoms with Crippen LogP contribution in [0.1, 0.15) is 57.4 Å². The van der Waals surface area contributed by atoms with Crippen LogP contribution in [0.15, 0.2) is 55.0 Å². The second-order valence-electron chi connectivity index (χ2n) is 10.7. The quantitative estimate of drug-likeness (QED) is 0.280. The number of hydrogen-bond acceptors (Lipinski definition) is 8. The Bertz CT molecular complexity index is 1450. The number of anilines is 4. The molecule has 1 aliphatic carbocycles. The Hall–Kier alpha value is -3.78. The lowest BCUT2D eigenvalue weighted by atomic mass is 10.0. The van der Waals surface area contributed by atoms with E-state index >= 15 is 0 Å². The van der Waals surface area contributed by atoms with Gasteiger partial charge in [-0.1, -0.05) is 13.0 Å². The van der Waals surface area contributed by atoms with Gasteiger partial charge in [-0.05, 0) is 80.8 Å². The summed E-state index contributed by atoms with van der Waals surface area (Å²) in [6.45, 7) is 7.96. The van der Waals surface area contributed by atoms with Gasteiger partial charge in [0, 0.05) is 60.9 Å².